The molecule has 0 aliphatic carbocycles. The van der Waals surface area contributed by atoms with Crippen molar-refractivity contribution < 1.29 is 14.5 Å². The molecule has 0 fully saturated rings. The summed E-state index contributed by atoms with van der Waals surface area (Å²) in [6.45, 7) is 0.349. The van der Waals surface area contributed by atoms with Crippen LogP contribution in [0.4, 0.5) is 17.1 Å². The molecule has 0 aliphatic heterocycles. The van der Waals surface area contributed by atoms with Crippen molar-refractivity contribution in [2.24, 2.45) is 0 Å². The molecule has 3 rings (SSSR count). The molecular formula is C21H19N3O4. The molecule has 0 aromatic heterocycles. The largest absolute Gasteiger partial charge is 0.495 e. The fourth-order valence-electron chi connectivity index (χ4n) is 2.69. The minimum atomic E-state index is -0.432. The molecule has 3 aromatic rings. The van der Waals surface area contributed by atoms with Crippen molar-refractivity contribution in [3.8, 4) is 5.75 Å². The van der Waals surface area contributed by atoms with E-state index in [9.17, 15) is 14.9 Å². The quantitative estimate of drug-likeness (QED) is 0.468. The number of nitrogens with one attached hydrogen (secondary N) is 2. The number of benzene rings is 3. The number of para-hydroxylation sites is 1. The molecule has 0 atom stereocenters. The Balaban J connectivity index is 1.76. The van der Waals surface area contributed by atoms with Crippen molar-refractivity contribution in [2.45, 2.75) is 6.54 Å². The molecule has 2 N–H and O–H groups in total. The lowest BCUT2D eigenvalue weighted by atomic mass is 10.1. The molecule has 0 unspecified atom stereocenters. The van der Waals surface area contributed by atoms with Crippen molar-refractivity contribution in [1.82, 2.24) is 0 Å². The lowest BCUT2D eigenvalue weighted by molar-refractivity contribution is -0.384. The number of hydrogen-bond donors (Lipinski definition) is 2. The van der Waals surface area contributed by atoms with Gasteiger partial charge < -0.3 is 15.4 Å². The standard InChI is InChI=1S/C21H19N3O4/c1-28-20-11-10-16(21(25)23-17-7-3-2-4-8-17)13-19(20)22-14-15-6-5-9-18(12-15)24(26)27/h2-13,22H,14H2,1H3,(H,23,25). The second kappa shape index (κ2) is 8.68. The van der Waals surface area contributed by atoms with E-state index in [-0.39, 0.29) is 11.6 Å². The lowest BCUT2D eigenvalue weighted by Crippen LogP contribution is -2.12. The van der Waals surface area contributed by atoms with E-state index in [1.54, 1.807) is 30.3 Å². The van der Waals surface area contributed by atoms with E-state index in [1.165, 1.54) is 19.2 Å². The van der Waals surface area contributed by atoms with Gasteiger partial charge in [-0.05, 0) is 35.9 Å². The van der Waals surface area contributed by atoms with Crippen molar-refractivity contribution in [3.05, 3.63) is 94.0 Å². The van der Waals surface area contributed by atoms with Crippen LogP contribution >= 0.6 is 0 Å². The van der Waals surface area contributed by atoms with Crippen LogP contribution in [0.3, 0.4) is 0 Å². The summed E-state index contributed by atoms with van der Waals surface area (Å²) in [5, 5.41) is 16.9. The number of amides is 1. The molecule has 1 amide bonds. The normalized spacial score (nSPS) is 10.2. The molecule has 0 heterocycles. The molecule has 3 aromatic carbocycles. The van der Waals surface area contributed by atoms with Crippen molar-refractivity contribution in [1.29, 1.82) is 0 Å². The first-order valence-corrected chi connectivity index (χ1v) is 8.58. The first-order valence-electron chi connectivity index (χ1n) is 8.58. The van der Waals surface area contributed by atoms with E-state index in [0.29, 0.717) is 29.2 Å². The van der Waals surface area contributed by atoms with Gasteiger partial charge in [0, 0.05) is 29.9 Å². The molecule has 0 saturated heterocycles. The third kappa shape index (κ3) is 4.64. The Hall–Kier alpha value is -3.87. The van der Waals surface area contributed by atoms with Crippen LogP contribution in [0.15, 0.2) is 72.8 Å². The number of non-ortho nitro benzene ring substituents is 1. The highest BCUT2D eigenvalue weighted by atomic mass is 16.6. The zero-order valence-corrected chi connectivity index (χ0v) is 15.2. The van der Waals surface area contributed by atoms with Gasteiger partial charge in [0.2, 0.25) is 0 Å². The zero-order valence-electron chi connectivity index (χ0n) is 15.2. The van der Waals surface area contributed by atoms with Gasteiger partial charge in [0.15, 0.2) is 0 Å². The van der Waals surface area contributed by atoms with Crippen LogP contribution in [0.2, 0.25) is 0 Å². The lowest BCUT2D eigenvalue weighted by Gasteiger charge is -2.13. The van der Waals surface area contributed by atoms with Gasteiger partial charge in [0.05, 0.1) is 17.7 Å². The molecule has 0 radical (unpaired) electrons. The zero-order chi connectivity index (χ0) is 19.9. The number of ether oxygens (including phenoxy) is 1. The minimum Gasteiger partial charge on any atom is -0.495 e. The topological polar surface area (TPSA) is 93.5 Å². The van der Waals surface area contributed by atoms with E-state index < -0.39 is 4.92 Å². The first-order chi connectivity index (χ1) is 13.6. The second-order valence-electron chi connectivity index (χ2n) is 6.02. The first kappa shape index (κ1) is 18.9. The number of rotatable bonds is 7. The average molecular weight is 377 g/mol. The number of methoxy groups -OCH3 is 1. The smallest absolute Gasteiger partial charge is 0.269 e. The van der Waals surface area contributed by atoms with Gasteiger partial charge in [-0.2, -0.15) is 0 Å². The third-order valence-corrected chi connectivity index (χ3v) is 4.10. The molecule has 28 heavy (non-hydrogen) atoms. The Morgan fingerprint density at radius 1 is 1.04 bits per heavy atom. The molecule has 7 heteroatoms. The number of nitrogens with zero attached hydrogens (tertiary/aromatic N) is 1. The van der Waals surface area contributed by atoms with Crippen LogP contribution in [0, 0.1) is 10.1 Å². The van der Waals surface area contributed by atoms with Gasteiger partial charge in [-0.1, -0.05) is 30.3 Å². The van der Waals surface area contributed by atoms with E-state index in [0.717, 1.165) is 5.56 Å². The van der Waals surface area contributed by atoms with Crippen LogP contribution in [0.25, 0.3) is 0 Å². The number of nitro benzene ring substituents is 1. The summed E-state index contributed by atoms with van der Waals surface area (Å²) in [6.07, 6.45) is 0. The van der Waals surface area contributed by atoms with Crippen molar-refractivity contribution >= 4 is 23.0 Å². The van der Waals surface area contributed by atoms with Crippen molar-refractivity contribution in [2.75, 3.05) is 17.7 Å². The molecule has 0 aliphatic rings. The number of anilines is 2. The fraction of sp³-hybridized carbons (Fsp3) is 0.0952. The van der Waals surface area contributed by atoms with Gasteiger partial charge in [-0.15, -0.1) is 0 Å². The monoisotopic (exact) mass is 377 g/mol. The van der Waals surface area contributed by atoms with Crippen LogP contribution in [0.5, 0.6) is 5.75 Å². The summed E-state index contributed by atoms with van der Waals surface area (Å²) in [4.78, 5) is 23.0. The predicted octanol–water partition coefficient (Wildman–Crippen LogP) is 4.47. The summed E-state index contributed by atoms with van der Waals surface area (Å²) in [5.74, 6) is 0.328. The SMILES string of the molecule is COc1ccc(C(=O)Nc2ccccc2)cc1NCc1cccc([N+](=O)[O-])c1. The Bertz CT molecular complexity index is 990. The second-order valence-corrected chi connectivity index (χ2v) is 6.02. The summed E-state index contributed by atoms with van der Waals surface area (Å²) < 4.78 is 5.35. The predicted molar refractivity (Wildman–Crippen MR) is 108 cm³/mol. The van der Waals surface area contributed by atoms with Crippen LogP contribution in [0.1, 0.15) is 15.9 Å². The Labute approximate surface area is 162 Å². The minimum absolute atomic E-state index is 0.0299. The summed E-state index contributed by atoms with van der Waals surface area (Å²) in [7, 11) is 1.54. The van der Waals surface area contributed by atoms with E-state index >= 15 is 0 Å². The van der Waals surface area contributed by atoms with Gasteiger partial charge in [-0.3, -0.25) is 14.9 Å². The highest BCUT2D eigenvalue weighted by molar-refractivity contribution is 6.05. The van der Waals surface area contributed by atoms with Crippen LogP contribution in [-0.2, 0) is 6.54 Å². The van der Waals surface area contributed by atoms with E-state index in [1.807, 2.05) is 30.3 Å². The summed E-state index contributed by atoms with van der Waals surface area (Å²) >= 11 is 0. The van der Waals surface area contributed by atoms with Gasteiger partial charge in [-0.25, -0.2) is 0 Å². The number of nitro groups is 1. The fourth-order valence-corrected chi connectivity index (χ4v) is 2.69. The molecule has 0 spiro atoms. The maximum atomic E-state index is 12.5. The molecule has 0 bridgehead atoms. The van der Waals surface area contributed by atoms with Crippen molar-refractivity contribution in [3.63, 3.8) is 0 Å². The van der Waals surface area contributed by atoms with Gasteiger partial charge in [0.25, 0.3) is 11.6 Å². The van der Waals surface area contributed by atoms with Crippen LogP contribution in [-0.4, -0.2) is 17.9 Å². The molecular weight excluding hydrogens is 358 g/mol. The number of carbonyl (C=O) groups excluding carboxylic acids is 1. The maximum absolute atomic E-state index is 12.5. The number of hydrogen-bond acceptors (Lipinski definition) is 5. The number of carbonyl (C=O) groups is 1. The highest BCUT2D eigenvalue weighted by Crippen LogP contribution is 2.27. The summed E-state index contributed by atoms with van der Waals surface area (Å²) in [5.41, 5.74) is 2.56. The van der Waals surface area contributed by atoms with Crippen LogP contribution < -0.4 is 15.4 Å². The van der Waals surface area contributed by atoms with Gasteiger partial charge in [0.1, 0.15) is 5.75 Å². The Morgan fingerprint density at radius 3 is 2.54 bits per heavy atom. The molecule has 7 nitrogen and oxygen atoms in total. The molecule has 0 saturated carbocycles. The molecule has 142 valence electrons. The summed E-state index contributed by atoms with van der Waals surface area (Å²) in [6, 6.07) is 20.6. The highest BCUT2D eigenvalue weighted by Gasteiger charge is 2.11. The van der Waals surface area contributed by atoms with Gasteiger partial charge >= 0.3 is 0 Å². The van der Waals surface area contributed by atoms with E-state index in [4.69, 9.17) is 4.74 Å². The average Bonchev–Trinajstić information content (AvgIpc) is 2.73. The van der Waals surface area contributed by atoms with E-state index in [2.05, 4.69) is 10.6 Å². The maximum Gasteiger partial charge on any atom is 0.269 e. The third-order valence-electron chi connectivity index (χ3n) is 4.10. The Kier molecular flexibility index (Phi) is 5.86. The Morgan fingerprint density at radius 2 is 1.82 bits per heavy atom.